The van der Waals surface area contributed by atoms with Crippen LogP contribution in [-0.2, 0) is 14.8 Å². The van der Waals surface area contributed by atoms with Gasteiger partial charge in [-0.05, 0) is 30.7 Å². The number of esters is 1. The largest absolute Gasteiger partial charge is 0.507 e. The number of methoxy groups -OCH3 is 1. The average Bonchev–Trinajstić information content (AvgIpc) is 2.78. The SMILES string of the molecule is COC(=O)c1ccc(NS(=O)(=O)c2cc(C)c(Cl)s2)cc1O. The van der Waals surface area contributed by atoms with Crippen molar-refractivity contribution in [2.24, 2.45) is 0 Å². The monoisotopic (exact) mass is 361 g/mol. The van der Waals surface area contributed by atoms with E-state index >= 15 is 0 Å². The Morgan fingerprint density at radius 1 is 1.36 bits per heavy atom. The zero-order valence-corrected chi connectivity index (χ0v) is 14.0. The lowest BCUT2D eigenvalue weighted by Gasteiger charge is -2.08. The maximum Gasteiger partial charge on any atom is 0.341 e. The van der Waals surface area contributed by atoms with E-state index in [9.17, 15) is 18.3 Å². The third-order valence-corrected chi connectivity index (χ3v) is 6.16. The summed E-state index contributed by atoms with van der Waals surface area (Å²) < 4.78 is 31.7. The molecular formula is C13H12ClNO5S2. The molecule has 2 aromatic rings. The molecule has 0 bridgehead atoms. The number of carbonyl (C=O) groups excluding carboxylic acids is 1. The molecule has 118 valence electrons. The first-order chi connectivity index (χ1) is 10.2. The minimum absolute atomic E-state index is 0.0551. The number of benzene rings is 1. The maximum absolute atomic E-state index is 12.2. The van der Waals surface area contributed by atoms with E-state index in [1.165, 1.54) is 25.3 Å². The lowest BCUT2D eigenvalue weighted by atomic mass is 10.2. The molecule has 0 aliphatic heterocycles. The number of thiophene rings is 1. The van der Waals surface area contributed by atoms with Gasteiger partial charge in [-0.15, -0.1) is 11.3 Å². The van der Waals surface area contributed by atoms with Gasteiger partial charge >= 0.3 is 5.97 Å². The van der Waals surface area contributed by atoms with Crippen molar-refractivity contribution in [1.29, 1.82) is 0 Å². The van der Waals surface area contributed by atoms with Gasteiger partial charge in [-0.1, -0.05) is 11.6 Å². The average molecular weight is 362 g/mol. The fourth-order valence-corrected chi connectivity index (χ4v) is 4.40. The molecular weight excluding hydrogens is 350 g/mol. The van der Waals surface area contributed by atoms with Crippen LogP contribution in [0.4, 0.5) is 5.69 Å². The van der Waals surface area contributed by atoms with Crippen LogP contribution in [0.3, 0.4) is 0 Å². The Morgan fingerprint density at radius 3 is 2.55 bits per heavy atom. The number of carbonyl (C=O) groups is 1. The first-order valence-electron chi connectivity index (χ1n) is 5.94. The van der Waals surface area contributed by atoms with Gasteiger partial charge in [0.25, 0.3) is 10.0 Å². The molecule has 2 N–H and O–H groups in total. The van der Waals surface area contributed by atoms with Gasteiger partial charge in [-0.25, -0.2) is 13.2 Å². The Labute approximate surface area is 136 Å². The van der Waals surface area contributed by atoms with E-state index in [4.69, 9.17) is 11.6 Å². The highest BCUT2D eigenvalue weighted by Crippen LogP contribution is 2.32. The van der Waals surface area contributed by atoms with Gasteiger partial charge in [0.05, 0.1) is 17.1 Å². The van der Waals surface area contributed by atoms with Gasteiger partial charge in [0.15, 0.2) is 0 Å². The van der Waals surface area contributed by atoms with Crippen molar-refractivity contribution in [3.8, 4) is 5.75 Å². The van der Waals surface area contributed by atoms with Crippen molar-refractivity contribution in [3.05, 3.63) is 39.7 Å². The first-order valence-corrected chi connectivity index (χ1v) is 8.62. The van der Waals surface area contributed by atoms with Gasteiger partial charge in [0.1, 0.15) is 15.5 Å². The van der Waals surface area contributed by atoms with E-state index in [2.05, 4.69) is 9.46 Å². The molecule has 1 heterocycles. The summed E-state index contributed by atoms with van der Waals surface area (Å²) in [4.78, 5) is 11.4. The van der Waals surface area contributed by atoms with Crippen LogP contribution >= 0.6 is 22.9 Å². The number of halogens is 1. The summed E-state index contributed by atoms with van der Waals surface area (Å²) in [5, 5.41) is 9.75. The van der Waals surface area contributed by atoms with Crippen molar-refractivity contribution >= 4 is 44.6 Å². The molecule has 0 atom stereocenters. The zero-order valence-electron chi connectivity index (χ0n) is 11.6. The van der Waals surface area contributed by atoms with Crippen LogP contribution in [0.2, 0.25) is 4.34 Å². The quantitative estimate of drug-likeness (QED) is 0.816. The number of ether oxygens (including phenoxy) is 1. The highest BCUT2D eigenvalue weighted by molar-refractivity contribution is 7.94. The lowest BCUT2D eigenvalue weighted by Crippen LogP contribution is -2.11. The summed E-state index contributed by atoms with van der Waals surface area (Å²) in [6.07, 6.45) is 0. The van der Waals surface area contributed by atoms with E-state index in [1.54, 1.807) is 6.92 Å². The maximum atomic E-state index is 12.2. The summed E-state index contributed by atoms with van der Waals surface area (Å²) in [5.74, 6) is -1.10. The Kier molecular flexibility index (Phi) is 4.64. The zero-order chi connectivity index (χ0) is 16.5. The van der Waals surface area contributed by atoms with Crippen molar-refractivity contribution < 1.29 is 23.1 Å². The normalized spacial score (nSPS) is 11.2. The number of phenols is 1. The number of aromatic hydroxyl groups is 1. The second kappa shape index (κ2) is 6.15. The van der Waals surface area contributed by atoms with Crippen molar-refractivity contribution in [1.82, 2.24) is 0 Å². The topological polar surface area (TPSA) is 92.7 Å². The highest BCUT2D eigenvalue weighted by atomic mass is 35.5. The fraction of sp³-hybridized carbons (Fsp3) is 0.154. The minimum Gasteiger partial charge on any atom is -0.507 e. The molecule has 0 saturated heterocycles. The molecule has 0 unspecified atom stereocenters. The Bertz CT molecular complexity index is 809. The van der Waals surface area contributed by atoms with Gasteiger partial charge in [-0.3, -0.25) is 4.72 Å². The van der Waals surface area contributed by atoms with Gasteiger partial charge in [-0.2, -0.15) is 0 Å². The van der Waals surface area contributed by atoms with Crippen LogP contribution in [0.25, 0.3) is 0 Å². The first kappa shape index (κ1) is 16.6. The third-order valence-electron chi connectivity index (χ3n) is 2.75. The second-order valence-corrected chi connectivity index (χ2v) is 7.91. The molecule has 0 fully saturated rings. The van der Waals surface area contributed by atoms with E-state index in [0.29, 0.717) is 9.90 Å². The van der Waals surface area contributed by atoms with Gasteiger partial charge in [0, 0.05) is 6.07 Å². The standard InChI is InChI=1S/C13H12ClNO5S2/c1-7-5-11(21-12(7)14)22(18,19)15-8-3-4-9(10(16)6-8)13(17)20-2/h3-6,15-16H,1-2H3. The molecule has 0 aliphatic carbocycles. The van der Waals surface area contributed by atoms with Crippen LogP contribution in [0, 0.1) is 6.92 Å². The molecule has 2 rings (SSSR count). The molecule has 0 amide bonds. The summed E-state index contributed by atoms with van der Waals surface area (Å²) in [7, 11) is -2.63. The van der Waals surface area contributed by atoms with Crippen molar-refractivity contribution in [2.45, 2.75) is 11.1 Å². The number of aryl methyl sites for hydroxylation is 1. The van der Waals surface area contributed by atoms with Gasteiger partial charge < -0.3 is 9.84 Å². The molecule has 22 heavy (non-hydrogen) atoms. The molecule has 0 radical (unpaired) electrons. The fourth-order valence-electron chi connectivity index (χ4n) is 1.65. The van der Waals surface area contributed by atoms with Crippen molar-refractivity contribution in [2.75, 3.05) is 11.8 Å². The summed E-state index contributed by atoms with van der Waals surface area (Å²) in [6, 6.07) is 5.21. The number of hydrogen-bond donors (Lipinski definition) is 2. The summed E-state index contributed by atoms with van der Waals surface area (Å²) >= 11 is 6.80. The molecule has 1 aromatic carbocycles. The van der Waals surface area contributed by atoms with Crippen molar-refractivity contribution in [3.63, 3.8) is 0 Å². The number of rotatable bonds is 4. The lowest BCUT2D eigenvalue weighted by molar-refractivity contribution is 0.0597. The van der Waals surface area contributed by atoms with Crippen LogP contribution in [0.15, 0.2) is 28.5 Å². The molecule has 6 nitrogen and oxygen atoms in total. The minimum atomic E-state index is -3.81. The Hall–Kier alpha value is -1.77. The van der Waals surface area contributed by atoms with Crippen LogP contribution < -0.4 is 4.72 Å². The molecule has 0 spiro atoms. The number of hydrogen-bond acceptors (Lipinski definition) is 6. The number of anilines is 1. The highest BCUT2D eigenvalue weighted by Gasteiger charge is 2.20. The van der Waals surface area contributed by atoms with Crippen LogP contribution in [-0.4, -0.2) is 26.6 Å². The Balaban J connectivity index is 2.30. The van der Waals surface area contributed by atoms with E-state index in [0.717, 1.165) is 17.4 Å². The summed E-state index contributed by atoms with van der Waals surface area (Å²) in [6.45, 7) is 1.70. The van der Waals surface area contributed by atoms with E-state index in [1.807, 2.05) is 0 Å². The molecule has 0 aliphatic rings. The summed E-state index contributed by atoms with van der Waals surface area (Å²) in [5.41, 5.74) is 0.726. The smallest absolute Gasteiger partial charge is 0.341 e. The number of phenolic OH excluding ortho intramolecular Hbond substituents is 1. The predicted octanol–water partition coefficient (Wildman–Crippen LogP) is 3.00. The van der Waals surface area contributed by atoms with E-state index < -0.39 is 16.0 Å². The van der Waals surface area contributed by atoms with Crippen LogP contribution in [0.1, 0.15) is 15.9 Å². The molecule has 1 aromatic heterocycles. The predicted molar refractivity (Wildman–Crippen MR) is 84.3 cm³/mol. The van der Waals surface area contributed by atoms with Crippen LogP contribution in [0.5, 0.6) is 5.75 Å². The second-order valence-electron chi connectivity index (χ2n) is 4.35. The van der Waals surface area contributed by atoms with E-state index in [-0.39, 0.29) is 21.2 Å². The third kappa shape index (κ3) is 3.34. The Morgan fingerprint density at radius 2 is 2.05 bits per heavy atom. The number of sulfonamides is 1. The molecule has 9 heteroatoms. The molecule has 0 saturated carbocycles. The van der Waals surface area contributed by atoms with Gasteiger partial charge in [0.2, 0.25) is 0 Å². The number of nitrogens with one attached hydrogen (secondary N) is 1.